The van der Waals surface area contributed by atoms with Crippen molar-refractivity contribution in [1.82, 2.24) is 5.32 Å². The molecule has 104 valence electrons. The molecule has 7 nitrogen and oxygen atoms in total. The Kier molecular flexibility index (Phi) is 6.96. The Morgan fingerprint density at radius 3 is 2.17 bits per heavy atom. The summed E-state index contributed by atoms with van der Waals surface area (Å²) >= 11 is 0. The lowest BCUT2D eigenvalue weighted by Crippen LogP contribution is -2.50. The van der Waals surface area contributed by atoms with Gasteiger partial charge in [-0.15, -0.1) is 0 Å². The van der Waals surface area contributed by atoms with Gasteiger partial charge >= 0.3 is 11.9 Å². The average molecular weight is 260 g/mol. The Bertz CT molecular complexity index is 317. The van der Waals surface area contributed by atoms with Crippen LogP contribution in [0.4, 0.5) is 0 Å². The highest BCUT2D eigenvalue weighted by Crippen LogP contribution is 2.04. The second kappa shape index (κ2) is 7.65. The number of nitrogens with two attached hydrogens (primary N) is 1. The monoisotopic (exact) mass is 260 g/mol. The summed E-state index contributed by atoms with van der Waals surface area (Å²) in [5.41, 5.74) is 5.59. The van der Waals surface area contributed by atoms with E-state index in [1.54, 1.807) is 13.8 Å². The molecule has 0 unspecified atom stereocenters. The van der Waals surface area contributed by atoms with Crippen LogP contribution in [0.25, 0.3) is 0 Å². The number of carboxylic acids is 2. The van der Waals surface area contributed by atoms with Crippen LogP contribution >= 0.6 is 0 Å². The van der Waals surface area contributed by atoms with Crippen LogP contribution in [0.5, 0.6) is 0 Å². The fraction of sp³-hybridized carbons (Fsp3) is 0.727. The summed E-state index contributed by atoms with van der Waals surface area (Å²) in [7, 11) is 0. The van der Waals surface area contributed by atoms with E-state index in [1.807, 2.05) is 0 Å². The Hall–Kier alpha value is -1.63. The first-order valence-corrected chi connectivity index (χ1v) is 5.76. The Morgan fingerprint density at radius 2 is 1.78 bits per heavy atom. The van der Waals surface area contributed by atoms with E-state index in [9.17, 15) is 14.4 Å². The molecular formula is C11H20N2O5. The Morgan fingerprint density at radius 1 is 1.22 bits per heavy atom. The van der Waals surface area contributed by atoms with Gasteiger partial charge in [0.05, 0.1) is 6.04 Å². The number of carboxylic acid groups (broad SMARTS) is 2. The first kappa shape index (κ1) is 16.4. The smallest absolute Gasteiger partial charge is 0.326 e. The zero-order valence-electron chi connectivity index (χ0n) is 10.5. The SMILES string of the molecule is CC(C)[C@H](N)C(=O)N[C@H](CCCC(=O)O)C(=O)O. The summed E-state index contributed by atoms with van der Waals surface area (Å²) in [6.07, 6.45) is 0.123. The van der Waals surface area contributed by atoms with E-state index in [1.165, 1.54) is 0 Å². The van der Waals surface area contributed by atoms with E-state index in [2.05, 4.69) is 5.32 Å². The molecule has 1 amide bonds. The first-order chi connectivity index (χ1) is 8.25. The fourth-order valence-corrected chi connectivity index (χ4v) is 1.29. The predicted octanol–water partition coefficient (Wildman–Crippen LogP) is -0.206. The maximum atomic E-state index is 11.6. The van der Waals surface area contributed by atoms with Crippen LogP contribution in [0.1, 0.15) is 33.1 Å². The standard InChI is InChI=1S/C11H20N2O5/c1-6(2)9(12)10(16)13-7(11(17)18)4-3-5-8(14)15/h6-7,9H,3-5,12H2,1-2H3,(H,13,16)(H,14,15)(H,17,18)/t7-,9+/m1/s1. The quantitative estimate of drug-likeness (QED) is 0.478. The van der Waals surface area contributed by atoms with Gasteiger partial charge in [0.1, 0.15) is 6.04 Å². The van der Waals surface area contributed by atoms with Crippen LogP contribution in [-0.4, -0.2) is 40.1 Å². The fourth-order valence-electron chi connectivity index (χ4n) is 1.29. The maximum Gasteiger partial charge on any atom is 0.326 e. The van der Waals surface area contributed by atoms with E-state index in [0.29, 0.717) is 0 Å². The second-order valence-electron chi connectivity index (χ2n) is 4.46. The van der Waals surface area contributed by atoms with Crippen LogP contribution < -0.4 is 11.1 Å². The van der Waals surface area contributed by atoms with Gasteiger partial charge in [-0.25, -0.2) is 4.79 Å². The highest BCUT2D eigenvalue weighted by molar-refractivity contribution is 5.86. The van der Waals surface area contributed by atoms with Crippen molar-refractivity contribution in [2.45, 2.75) is 45.2 Å². The predicted molar refractivity (Wildman–Crippen MR) is 63.9 cm³/mol. The van der Waals surface area contributed by atoms with Crippen molar-refractivity contribution < 1.29 is 24.6 Å². The van der Waals surface area contributed by atoms with Crippen molar-refractivity contribution in [1.29, 1.82) is 0 Å². The minimum atomic E-state index is -1.19. The van der Waals surface area contributed by atoms with Crippen molar-refractivity contribution >= 4 is 17.8 Å². The summed E-state index contributed by atoms with van der Waals surface area (Å²) in [5, 5.41) is 19.7. The number of hydrogen-bond acceptors (Lipinski definition) is 4. The third-order valence-corrected chi connectivity index (χ3v) is 2.52. The highest BCUT2D eigenvalue weighted by Gasteiger charge is 2.24. The van der Waals surface area contributed by atoms with Crippen molar-refractivity contribution in [3.05, 3.63) is 0 Å². The topological polar surface area (TPSA) is 130 Å². The molecule has 0 aliphatic rings. The van der Waals surface area contributed by atoms with E-state index >= 15 is 0 Å². The third-order valence-electron chi connectivity index (χ3n) is 2.52. The number of carbonyl (C=O) groups is 3. The summed E-state index contributed by atoms with van der Waals surface area (Å²) < 4.78 is 0. The van der Waals surface area contributed by atoms with Crippen LogP contribution in [0.3, 0.4) is 0 Å². The van der Waals surface area contributed by atoms with Gasteiger partial charge in [0.25, 0.3) is 0 Å². The van der Waals surface area contributed by atoms with Gasteiger partial charge < -0.3 is 21.3 Å². The summed E-state index contributed by atoms with van der Waals surface area (Å²) in [6.45, 7) is 3.51. The van der Waals surface area contributed by atoms with Gasteiger partial charge in [-0.1, -0.05) is 13.8 Å². The molecule has 0 aromatic rings. The van der Waals surface area contributed by atoms with Gasteiger partial charge in [-0.2, -0.15) is 0 Å². The van der Waals surface area contributed by atoms with Crippen molar-refractivity contribution in [2.24, 2.45) is 11.7 Å². The van der Waals surface area contributed by atoms with Crippen LogP contribution in [0.15, 0.2) is 0 Å². The molecule has 0 aromatic carbocycles. The van der Waals surface area contributed by atoms with E-state index < -0.39 is 29.9 Å². The third kappa shape index (κ3) is 6.19. The van der Waals surface area contributed by atoms with Gasteiger partial charge in [0.15, 0.2) is 0 Å². The van der Waals surface area contributed by atoms with E-state index in [0.717, 1.165) is 0 Å². The molecule has 0 heterocycles. The second-order valence-corrected chi connectivity index (χ2v) is 4.46. The molecule has 0 bridgehead atoms. The number of hydrogen-bond donors (Lipinski definition) is 4. The maximum absolute atomic E-state index is 11.6. The zero-order valence-corrected chi connectivity index (χ0v) is 10.5. The molecule has 0 saturated carbocycles. The van der Waals surface area contributed by atoms with Crippen LogP contribution in [0, 0.1) is 5.92 Å². The molecule has 0 rings (SSSR count). The zero-order chi connectivity index (χ0) is 14.3. The van der Waals surface area contributed by atoms with Crippen LogP contribution in [0.2, 0.25) is 0 Å². The van der Waals surface area contributed by atoms with Crippen LogP contribution in [-0.2, 0) is 14.4 Å². The molecule has 7 heteroatoms. The number of aliphatic carboxylic acids is 2. The molecule has 5 N–H and O–H groups in total. The molecular weight excluding hydrogens is 240 g/mol. The Balaban J connectivity index is 4.31. The van der Waals surface area contributed by atoms with Crippen molar-refractivity contribution in [3.63, 3.8) is 0 Å². The lowest BCUT2D eigenvalue weighted by molar-refractivity contribution is -0.143. The number of amides is 1. The molecule has 0 aliphatic heterocycles. The van der Waals surface area contributed by atoms with Gasteiger partial charge in [-0.3, -0.25) is 9.59 Å². The number of carbonyl (C=O) groups excluding carboxylic acids is 1. The molecule has 18 heavy (non-hydrogen) atoms. The summed E-state index contributed by atoms with van der Waals surface area (Å²) in [6, 6.07) is -1.87. The lowest BCUT2D eigenvalue weighted by Gasteiger charge is -2.19. The largest absolute Gasteiger partial charge is 0.481 e. The van der Waals surface area contributed by atoms with Crippen molar-refractivity contribution in [2.75, 3.05) is 0 Å². The molecule has 0 radical (unpaired) electrons. The molecule has 0 aromatic heterocycles. The van der Waals surface area contributed by atoms with Gasteiger partial charge in [0, 0.05) is 6.42 Å². The van der Waals surface area contributed by atoms with Crippen molar-refractivity contribution in [3.8, 4) is 0 Å². The molecule has 0 aliphatic carbocycles. The molecule has 0 fully saturated rings. The van der Waals surface area contributed by atoms with Gasteiger partial charge in [-0.05, 0) is 18.8 Å². The molecule has 0 spiro atoms. The minimum absolute atomic E-state index is 0.0676. The molecule has 2 atom stereocenters. The average Bonchev–Trinajstić information content (AvgIpc) is 2.25. The summed E-state index contributed by atoms with van der Waals surface area (Å²) in [4.78, 5) is 32.8. The Labute approximate surface area is 105 Å². The van der Waals surface area contributed by atoms with E-state index in [-0.39, 0.29) is 25.2 Å². The first-order valence-electron chi connectivity index (χ1n) is 5.76. The number of nitrogens with one attached hydrogen (secondary N) is 1. The van der Waals surface area contributed by atoms with E-state index in [4.69, 9.17) is 15.9 Å². The normalized spacial score (nSPS) is 14.0. The summed E-state index contributed by atoms with van der Waals surface area (Å²) in [5.74, 6) is -2.82. The number of rotatable bonds is 8. The highest BCUT2D eigenvalue weighted by atomic mass is 16.4. The van der Waals surface area contributed by atoms with Gasteiger partial charge in [0.2, 0.25) is 5.91 Å². The molecule has 0 saturated heterocycles. The minimum Gasteiger partial charge on any atom is -0.481 e. The lowest BCUT2D eigenvalue weighted by atomic mass is 10.0.